The van der Waals surface area contributed by atoms with Crippen molar-refractivity contribution in [2.75, 3.05) is 26.1 Å². The van der Waals surface area contributed by atoms with Crippen LogP contribution in [0.15, 0.2) is 34.5 Å². The lowest BCUT2D eigenvalue weighted by Gasteiger charge is -2.35. The Morgan fingerprint density at radius 3 is 2.71 bits per heavy atom. The number of hydrogen-bond donors (Lipinski definition) is 2. The highest BCUT2D eigenvalue weighted by Gasteiger charge is 2.49. The lowest BCUT2D eigenvalue weighted by Crippen LogP contribution is -2.40. The van der Waals surface area contributed by atoms with Crippen molar-refractivity contribution in [1.82, 2.24) is 29.1 Å². The second kappa shape index (κ2) is 11.5. The highest BCUT2D eigenvalue weighted by molar-refractivity contribution is 8.32. The largest absolute Gasteiger partial charge is 0.780 e. The normalized spacial score (nSPS) is 37.5. The van der Waals surface area contributed by atoms with Crippen LogP contribution in [0.25, 0.3) is 11.2 Å². The van der Waals surface area contributed by atoms with Crippen molar-refractivity contribution in [3.05, 3.63) is 45.8 Å². The van der Waals surface area contributed by atoms with Gasteiger partial charge in [-0.15, -0.1) is 0 Å². The van der Waals surface area contributed by atoms with Crippen molar-refractivity contribution < 1.29 is 41.8 Å². The molecule has 9 atom stereocenters. The Balaban J connectivity index is 1.31. The lowest BCUT2D eigenvalue weighted by molar-refractivity contribution is -0.217. The predicted octanol–water partition coefficient (Wildman–Crippen LogP) is -0.784. The van der Waals surface area contributed by atoms with E-state index in [1.165, 1.54) is 30.5 Å². The molecule has 22 heteroatoms. The number of aromatic nitrogens is 6. The van der Waals surface area contributed by atoms with Crippen molar-refractivity contribution in [1.29, 1.82) is 0 Å². The molecule has 3 fully saturated rings. The van der Waals surface area contributed by atoms with Gasteiger partial charge >= 0.3 is 5.69 Å². The van der Waals surface area contributed by atoms with Crippen molar-refractivity contribution in [2.24, 2.45) is 0 Å². The van der Waals surface area contributed by atoms with Crippen LogP contribution in [0.5, 0.6) is 0 Å². The zero-order chi connectivity index (χ0) is 29.8. The van der Waals surface area contributed by atoms with Crippen LogP contribution in [0.4, 0.5) is 5.82 Å². The maximum absolute atomic E-state index is 13.4. The van der Waals surface area contributed by atoms with E-state index in [0.717, 1.165) is 10.6 Å². The highest BCUT2D eigenvalue weighted by atomic mass is 32.7. The van der Waals surface area contributed by atoms with Gasteiger partial charge in [-0.05, 0) is 0 Å². The van der Waals surface area contributed by atoms with E-state index in [0.29, 0.717) is 11.2 Å². The van der Waals surface area contributed by atoms with E-state index in [1.807, 2.05) is 0 Å². The van der Waals surface area contributed by atoms with Gasteiger partial charge < -0.3 is 55.2 Å². The first kappa shape index (κ1) is 30.0. The molecule has 0 saturated carbocycles. The molecule has 2 bridgehead atoms. The van der Waals surface area contributed by atoms with Crippen molar-refractivity contribution in [2.45, 2.75) is 49.4 Å². The molecular formula is C20H23N7O11P2S2-2. The first-order chi connectivity index (χ1) is 19.9. The average molecular weight is 664 g/mol. The van der Waals surface area contributed by atoms with Crippen LogP contribution < -0.4 is 21.9 Å². The molecule has 6 rings (SSSR count). The molecule has 3 aromatic heterocycles. The number of hydrogen-bond acceptors (Lipinski definition) is 17. The number of nitrogen functional groups attached to an aromatic ring is 1. The third kappa shape index (κ3) is 5.87. The Morgan fingerprint density at radius 1 is 1.14 bits per heavy atom. The molecule has 0 spiro atoms. The fourth-order valence-corrected chi connectivity index (χ4v) is 7.88. The molecule has 42 heavy (non-hydrogen) atoms. The highest BCUT2D eigenvalue weighted by Crippen LogP contribution is 2.53. The topological polar surface area (TPSA) is 229 Å². The molecule has 3 N–H and O–H groups in total. The van der Waals surface area contributed by atoms with E-state index >= 15 is 0 Å². The molecule has 3 aliphatic rings. The minimum atomic E-state index is -4.25. The molecule has 3 aliphatic heterocycles. The van der Waals surface area contributed by atoms with Crippen LogP contribution in [0, 0.1) is 0 Å². The first-order valence-corrected chi connectivity index (χ1v) is 17.4. The van der Waals surface area contributed by atoms with Gasteiger partial charge in [-0.1, -0.05) is 11.8 Å². The number of rotatable bonds is 3. The summed E-state index contributed by atoms with van der Waals surface area (Å²) >= 11 is 10.4. The zero-order valence-corrected chi connectivity index (χ0v) is 24.9. The van der Waals surface area contributed by atoms with Gasteiger partial charge in [-0.2, -0.15) is 0 Å². The molecule has 18 nitrogen and oxygen atoms in total. The van der Waals surface area contributed by atoms with Crippen LogP contribution in [0.1, 0.15) is 18.9 Å². The summed E-state index contributed by atoms with van der Waals surface area (Å²) in [5, 5.41) is 0. The monoisotopic (exact) mass is 663 g/mol. The van der Waals surface area contributed by atoms with Crippen LogP contribution in [0.3, 0.4) is 0 Å². The number of aromatic amines is 1. The summed E-state index contributed by atoms with van der Waals surface area (Å²) in [6, 6.07) is 1.10. The maximum Gasteiger partial charge on any atom is 0.330 e. The summed E-state index contributed by atoms with van der Waals surface area (Å²) in [6.07, 6.45) is -3.46. The van der Waals surface area contributed by atoms with Gasteiger partial charge in [-0.25, -0.2) is 19.7 Å². The summed E-state index contributed by atoms with van der Waals surface area (Å²) in [5.74, 6) is 0.139. The quantitative estimate of drug-likeness (QED) is 0.258. The smallest absolute Gasteiger partial charge is 0.330 e. The predicted molar refractivity (Wildman–Crippen MR) is 145 cm³/mol. The second-order valence-corrected chi connectivity index (χ2v) is 14.9. The third-order valence-corrected chi connectivity index (χ3v) is 9.93. The van der Waals surface area contributed by atoms with Gasteiger partial charge in [0.05, 0.1) is 25.6 Å². The minimum absolute atomic E-state index is 0.0888. The first-order valence-electron chi connectivity index (χ1n) is 12.3. The van der Waals surface area contributed by atoms with Crippen LogP contribution in [-0.4, -0.2) is 79.9 Å². The molecule has 228 valence electrons. The summed E-state index contributed by atoms with van der Waals surface area (Å²) in [7, 11) is 1.30. The van der Waals surface area contributed by atoms with E-state index < -0.39 is 74.3 Å². The number of imidazole rings is 1. The van der Waals surface area contributed by atoms with E-state index in [1.54, 1.807) is 0 Å². The van der Waals surface area contributed by atoms with Crippen LogP contribution in [-0.2, 0) is 60.9 Å². The molecule has 0 radical (unpaired) electrons. The van der Waals surface area contributed by atoms with Gasteiger partial charge in [0.2, 0.25) is 0 Å². The number of methoxy groups -OCH3 is 1. The molecule has 6 heterocycles. The van der Waals surface area contributed by atoms with Gasteiger partial charge in [0.15, 0.2) is 30.7 Å². The molecule has 3 saturated heterocycles. The van der Waals surface area contributed by atoms with Gasteiger partial charge in [0.1, 0.15) is 43.0 Å². The van der Waals surface area contributed by atoms with E-state index in [9.17, 15) is 19.0 Å². The molecule has 0 aliphatic carbocycles. The Labute approximate surface area is 246 Å². The minimum Gasteiger partial charge on any atom is -0.780 e. The average Bonchev–Trinajstić information content (AvgIpc) is 3.61. The molecular weight excluding hydrogens is 640 g/mol. The van der Waals surface area contributed by atoms with E-state index in [4.69, 9.17) is 62.1 Å². The van der Waals surface area contributed by atoms with E-state index in [2.05, 4.69) is 19.9 Å². The Bertz CT molecular complexity index is 1700. The third-order valence-electron chi connectivity index (χ3n) is 6.82. The summed E-state index contributed by atoms with van der Waals surface area (Å²) in [6.45, 7) is -9.30. The summed E-state index contributed by atoms with van der Waals surface area (Å²) in [5.41, 5.74) is 5.09. The molecule has 3 aromatic rings. The number of ether oxygens (including phenoxy) is 3. The fourth-order valence-electron chi connectivity index (χ4n) is 5.01. The van der Waals surface area contributed by atoms with Crippen LogP contribution in [0.2, 0.25) is 0 Å². The SMILES string of the molecule is CO[C@@H]1[C@@H]2OP([O-])(=S)OC[C@@H]3C[C@@H](OP(=O)([S-])OC[C@H]2O[C@H]1n1ccc(=O)[nH]c1=O)[C@H](n1cnc2c(N)ncnc21)O3. The lowest BCUT2D eigenvalue weighted by atomic mass is 10.1. The van der Waals surface area contributed by atoms with Gasteiger partial charge in [0, 0.05) is 25.8 Å². The Morgan fingerprint density at radius 2 is 1.95 bits per heavy atom. The van der Waals surface area contributed by atoms with Crippen LogP contribution >= 0.6 is 13.5 Å². The standard InChI is InChI=1S/C20H25N7O11P2S2/c1-32-15-14-11(36-19(15)26-3-2-12(28)25-20(26)29)6-34-39(30,41)37-10-4-9(5-33-40(31,42)38-14)35-18(10)27-8-24-13-16(21)22-7-23-17(13)27/h2-3,7-11,14-15,18-19H,4-6H2,1H3,(H,30,41)(H,31,42)(H2,21,22,23)(H,25,28,29)/p-2/t9-,10+,11+,14+,15+,18+,19+,39?,40?/m0/s1. The van der Waals surface area contributed by atoms with E-state index in [-0.39, 0.29) is 18.8 Å². The zero-order valence-electron chi connectivity index (χ0n) is 21.5. The number of nitrogens with two attached hydrogens (primary N) is 1. The number of nitrogens with one attached hydrogen (secondary N) is 1. The van der Waals surface area contributed by atoms with Gasteiger partial charge in [0.25, 0.3) is 5.56 Å². The fraction of sp³-hybridized carbons (Fsp3) is 0.550. The maximum atomic E-state index is 13.4. The second-order valence-electron chi connectivity index (χ2n) is 9.45. The Hall–Kier alpha value is -2.06. The molecule has 0 aromatic carbocycles. The number of H-pyrrole nitrogens is 1. The Kier molecular flexibility index (Phi) is 8.18. The summed E-state index contributed by atoms with van der Waals surface area (Å²) < 4.78 is 56.0. The number of nitrogens with zero attached hydrogens (tertiary/aromatic N) is 5. The summed E-state index contributed by atoms with van der Waals surface area (Å²) in [4.78, 5) is 51.9. The number of fused-ring (bicyclic) bond motifs is 4. The molecule has 2 unspecified atom stereocenters. The van der Waals surface area contributed by atoms with Crippen molar-refractivity contribution in [3.8, 4) is 0 Å². The molecule has 0 amide bonds. The van der Waals surface area contributed by atoms with Gasteiger partial charge in [-0.3, -0.25) is 23.5 Å². The van der Waals surface area contributed by atoms with Crippen molar-refractivity contribution >= 4 is 54.6 Å². The van der Waals surface area contributed by atoms with Crippen molar-refractivity contribution in [3.63, 3.8) is 0 Å². The number of anilines is 1.